The van der Waals surface area contributed by atoms with E-state index in [2.05, 4.69) is 15.1 Å². The highest BCUT2D eigenvalue weighted by atomic mass is 32.2. The Labute approximate surface area is 223 Å². The van der Waals surface area contributed by atoms with Crippen LogP contribution in [-0.4, -0.2) is 55.7 Å². The van der Waals surface area contributed by atoms with Crippen LogP contribution in [0.5, 0.6) is 5.75 Å². The maximum absolute atomic E-state index is 14.0. The molecule has 1 fully saturated rings. The van der Waals surface area contributed by atoms with Gasteiger partial charge >= 0.3 is 19.4 Å². The van der Waals surface area contributed by atoms with E-state index >= 15 is 0 Å². The maximum Gasteiger partial charge on any atom is 0.459 e. The van der Waals surface area contributed by atoms with Gasteiger partial charge in [-0.1, -0.05) is 36.4 Å². The van der Waals surface area contributed by atoms with Gasteiger partial charge in [-0.3, -0.25) is 13.9 Å². The summed E-state index contributed by atoms with van der Waals surface area (Å²) in [6.07, 6.45) is 0.235. The molecule has 0 aliphatic carbocycles. The number of aliphatic hydroxyl groups is 1. The molecule has 3 unspecified atom stereocenters. The van der Waals surface area contributed by atoms with E-state index in [1.165, 1.54) is 29.6 Å². The summed E-state index contributed by atoms with van der Waals surface area (Å²) < 4.78 is 32.2. The van der Waals surface area contributed by atoms with Gasteiger partial charge in [-0.2, -0.15) is 10.1 Å². The Bertz CT molecular complexity index is 1400. The number of benzene rings is 2. The van der Waals surface area contributed by atoms with Crippen molar-refractivity contribution in [1.29, 1.82) is 0 Å². The highest BCUT2D eigenvalue weighted by Crippen LogP contribution is 2.49. The first kappa shape index (κ1) is 28.1. The van der Waals surface area contributed by atoms with Crippen LogP contribution in [0.4, 0.5) is 5.95 Å². The van der Waals surface area contributed by atoms with Crippen molar-refractivity contribution in [3.05, 3.63) is 59.3 Å². The van der Waals surface area contributed by atoms with Crippen molar-refractivity contribution < 1.29 is 28.3 Å². The summed E-state index contributed by atoms with van der Waals surface area (Å²) in [6.45, 7) is 4.71. The predicted molar refractivity (Wildman–Crippen MR) is 144 cm³/mol. The third kappa shape index (κ3) is 6.72. The predicted octanol–water partition coefficient (Wildman–Crippen LogP) is 2.87. The molecule has 0 spiro atoms. The zero-order valence-electron chi connectivity index (χ0n) is 21.1. The lowest BCUT2D eigenvalue weighted by atomic mass is 10.1. The molecule has 0 bridgehead atoms. The van der Waals surface area contributed by atoms with Gasteiger partial charge in [-0.05, 0) is 32.2 Å². The molecule has 0 saturated carbocycles. The van der Waals surface area contributed by atoms with Gasteiger partial charge in [-0.25, -0.2) is 14.3 Å². The lowest BCUT2D eigenvalue weighted by molar-refractivity contribution is -0.149. The van der Waals surface area contributed by atoms with Crippen molar-refractivity contribution in [2.45, 2.75) is 56.1 Å². The van der Waals surface area contributed by atoms with E-state index in [0.29, 0.717) is 11.1 Å². The summed E-state index contributed by atoms with van der Waals surface area (Å²) in [5, 5.41) is 13.9. The molecule has 4 rings (SSSR count). The van der Waals surface area contributed by atoms with Crippen molar-refractivity contribution in [3.63, 3.8) is 0 Å². The monoisotopic (exact) mass is 563 g/mol. The quantitative estimate of drug-likeness (QED) is 0.244. The lowest BCUT2D eigenvalue weighted by Gasteiger charge is -2.25. The molecule has 1 aliphatic rings. The van der Waals surface area contributed by atoms with Crippen LogP contribution in [0.25, 0.3) is 10.8 Å². The fourth-order valence-electron chi connectivity index (χ4n) is 3.88. The zero-order valence-corrected chi connectivity index (χ0v) is 22.8. The van der Waals surface area contributed by atoms with E-state index in [4.69, 9.17) is 19.5 Å². The molecule has 4 N–H and O–H groups in total. The van der Waals surface area contributed by atoms with Crippen molar-refractivity contribution in [1.82, 2.24) is 19.6 Å². The molecule has 14 heteroatoms. The van der Waals surface area contributed by atoms with E-state index < -0.39 is 42.2 Å². The van der Waals surface area contributed by atoms with Crippen molar-refractivity contribution >= 4 is 42.2 Å². The molecule has 3 aromatic rings. The molecule has 2 heterocycles. The number of carbonyl (C=O) groups excluding carboxylic acids is 1. The number of ether oxygens (including phenoxy) is 1. The number of anilines is 1. The first-order chi connectivity index (χ1) is 18.0. The number of carbonyl (C=O) groups is 1. The smallest absolute Gasteiger partial charge is 0.459 e. The summed E-state index contributed by atoms with van der Waals surface area (Å²) in [5.74, 6) is -0.466. The molecule has 0 amide bonds. The first-order valence-electron chi connectivity index (χ1n) is 12.0. The van der Waals surface area contributed by atoms with Crippen molar-refractivity contribution in [2.24, 2.45) is 0 Å². The standard InChI is InChI=1S/C24H30N5O7PS/c1-14(2)35-22(31)15(3)28-37(33,36-19-10-6-8-16-7-4-5-9-17(16)19)34-12-20-18(30)11-21(38-20)29-13-26-23(25)27-24(29)32/h4-10,13-15,18,20-21,30H,11-12H2,1-3H3,(H,28,33)(H2,25,27,32)/t15-,18+,20?,21?,37?/m0/s1. The van der Waals surface area contributed by atoms with E-state index in [1.807, 2.05) is 30.3 Å². The summed E-state index contributed by atoms with van der Waals surface area (Å²) >= 11 is 1.25. The Morgan fingerprint density at radius 3 is 2.74 bits per heavy atom. The van der Waals surface area contributed by atoms with Crippen LogP contribution in [0.2, 0.25) is 0 Å². The summed E-state index contributed by atoms with van der Waals surface area (Å²) in [4.78, 5) is 32.1. The van der Waals surface area contributed by atoms with Crippen LogP contribution in [0.15, 0.2) is 53.6 Å². The highest BCUT2D eigenvalue weighted by molar-refractivity contribution is 8.00. The second-order valence-electron chi connectivity index (χ2n) is 9.03. The van der Waals surface area contributed by atoms with Crippen LogP contribution in [0, 0.1) is 0 Å². The number of nitrogen functional groups attached to an aromatic ring is 1. The second-order valence-corrected chi connectivity index (χ2v) is 12.2. The Hall–Kier alpha value is -2.96. The van der Waals surface area contributed by atoms with Gasteiger partial charge in [0.05, 0.1) is 29.4 Å². The van der Waals surface area contributed by atoms with Crippen LogP contribution < -0.4 is 21.0 Å². The number of thioether (sulfide) groups is 1. The molecule has 5 atom stereocenters. The Kier molecular flexibility index (Phi) is 8.74. The average molecular weight is 564 g/mol. The summed E-state index contributed by atoms with van der Waals surface area (Å²) in [7, 11) is -4.17. The molecule has 1 aliphatic heterocycles. The van der Waals surface area contributed by atoms with Gasteiger partial charge in [-0.15, -0.1) is 11.8 Å². The van der Waals surface area contributed by atoms with Crippen LogP contribution >= 0.6 is 19.5 Å². The number of nitrogens with one attached hydrogen (secondary N) is 1. The Balaban J connectivity index is 1.54. The fourth-order valence-corrected chi connectivity index (χ4v) is 6.94. The third-order valence-corrected chi connectivity index (χ3v) is 8.86. The normalized spacial score (nSPS) is 21.8. The number of nitrogens with zero attached hydrogens (tertiary/aromatic N) is 3. The van der Waals surface area contributed by atoms with E-state index in [-0.39, 0.29) is 25.1 Å². The summed E-state index contributed by atoms with van der Waals surface area (Å²) in [6, 6.07) is 11.7. The minimum atomic E-state index is -4.17. The molecular formula is C24H30N5O7PS. The number of rotatable bonds is 10. The van der Waals surface area contributed by atoms with Gasteiger partial charge in [0.1, 0.15) is 18.1 Å². The number of nitrogens with two attached hydrogens (primary N) is 1. The van der Waals surface area contributed by atoms with Crippen LogP contribution in [0.1, 0.15) is 32.6 Å². The highest BCUT2D eigenvalue weighted by Gasteiger charge is 2.39. The number of fused-ring (bicyclic) bond motifs is 1. The Morgan fingerprint density at radius 2 is 2.00 bits per heavy atom. The largest absolute Gasteiger partial charge is 0.462 e. The van der Waals surface area contributed by atoms with Crippen LogP contribution in [-0.2, 0) is 18.6 Å². The molecule has 38 heavy (non-hydrogen) atoms. The lowest BCUT2D eigenvalue weighted by Crippen LogP contribution is -2.37. The van der Waals surface area contributed by atoms with E-state index in [9.17, 15) is 19.3 Å². The number of esters is 1. The number of hydrogen-bond acceptors (Lipinski definition) is 11. The third-order valence-electron chi connectivity index (χ3n) is 5.69. The molecule has 1 saturated heterocycles. The fraction of sp³-hybridized carbons (Fsp3) is 0.417. The molecular weight excluding hydrogens is 533 g/mol. The van der Waals surface area contributed by atoms with Crippen molar-refractivity contribution in [3.8, 4) is 5.75 Å². The summed E-state index contributed by atoms with van der Waals surface area (Å²) in [5.41, 5.74) is 4.88. The zero-order chi connectivity index (χ0) is 27.4. The second kappa shape index (κ2) is 11.8. The van der Waals surface area contributed by atoms with Crippen LogP contribution in [0.3, 0.4) is 0 Å². The van der Waals surface area contributed by atoms with E-state index in [1.54, 1.807) is 26.0 Å². The van der Waals surface area contributed by atoms with Gasteiger partial charge in [0.25, 0.3) is 0 Å². The van der Waals surface area contributed by atoms with Gasteiger partial charge in [0.2, 0.25) is 5.95 Å². The molecule has 204 valence electrons. The minimum absolute atomic E-state index is 0.141. The molecule has 0 radical (unpaired) electrons. The number of hydrogen-bond donors (Lipinski definition) is 3. The van der Waals surface area contributed by atoms with Crippen molar-refractivity contribution in [2.75, 3.05) is 12.3 Å². The first-order valence-corrected chi connectivity index (χ1v) is 14.5. The average Bonchev–Trinajstić information content (AvgIpc) is 3.22. The molecule has 12 nitrogen and oxygen atoms in total. The van der Waals surface area contributed by atoms with Gasteiger partial charge < -0.3 is 20.1 Å². The number of aromatic nitrogens is 3. The minimum Gasteiger partial charge on any atom is -0.462 e. The maximum atomic E-state index is 14.0. The Morgan fingerprint density at radius 1 is 1.26 bits per heavy atom. The molecule has 2 aromatic carbocycles. The van der Waals surface area contributed by atoms with Gasteiger partial charge in [0, 0.05) is 11.8 Å². The topological polar surface area (TPSA) is 168 Å². The van der Waals surface area contributed by atoms with Gasteiger partial charge in [0.15, 0.2) is 0 Å². The number of aliphatic hydroxyl groups excluding tert-OH is 1. The SMILES string of the molecule is CC(C)OC(=O)[C@H](C)NP(=O)(OCC1SC(n2cnc(N)nc2=O)C[C@H]1O)Oc1cccc2ccccc12. The molecule has 1 aromatic heterocycles. The van der Waals surface area contributed by atoms with E-state index in [0.717, 1.165) is 5.39 Å².